The molecule has 4 amide bonds. The van der Waals surface area contributed by atoms with Gasteiger partial charge in [-0.3, -0.25) is 19.3 Å². The van der Waals surface area contributed by atoms with Crippen LogP contribution in [0.15, 0.2) is 47.7 Å². The van der Waals surface area contributed by atoms with Crippen molar-refractivity contribution in [2.24, 2.45) is 10.8 Å². The Morgan fingerprint density at radius 1 is 1.32 bits per heavy atom. The Hall–Kier alpha value is -3.34. The molecule has 2 heterocycles. The molecule has 3 rings (SSSR count). The first kappa shape index (κ1) is 19.4. The van der Waals surface area contributed by atoms with Gasteiger partial charge in [-0.1, -0.05) is 36.9 Å². The number of primary amides is 1. The molecule has 1 aromatic carbocycles. The molecule has 11 heteroatoms. The number of urea groups is 1. The zero-order valence-electron chi connectivity index (χ0n) is 14.7. The van der Waals surface area contributed by atoms with E-state index in [1.807, 2.05) is 5.43 Å². The van der Waals surface area contributed by atoms with E-state index < -0.39 is 40.0 Å². The predicted molar refractivity (Wildman–Crippen MR) is 101 cm³/mol. The van der Waals surface area contributed by atoms with Gasteiger partial charge in [-0.2, -0.15) is 5.10 Å². The van der Waals surface area contributed by atoms with Gasteiger partial charge < -0.3 is 16.2 Å². The minimum atomic E-state index is -1.36. The second kappa shape index (κ2) is 7.00. The lowest BCUT2D eigenvalue weighted by atomic mass is 10.0. The molecule has 146 valence electrons. The number of nitrogens with one attached hydrogen (secondary N) is 2. The highest BCUT2D eigenvalue weighted by Crippen LogP contribution is 2.52. The summed E-state index contributed by atoms with van der Waals surface area (Å²) in [6, 6.07) is 6.39. The summed E-state index contributed by atoms with van der Waals surface area (Å²) >= 11 is 1.02. The molecule has 10 nitrogen and oxygen atoms in total. The zero-order valence-corrected chi connectivity index (χ0v) is 15.5. The van der Waals surface area contributed by atoms with Crippen LogP contribution in [0.2, 0.25) is 0 Å². The maximum Gasteiger partial charge on any atom is 0.332 e. The molecule has 0 aromatic heterocycles. The monoisotopic (exact) mass is 403 g/mol. The summed E-state index contributed by atoms with van der Waals surface area (Å²) in [7, 11) is 0. The number of nitrogens with zero attached hydrogens (tertiary/aromatic N) is 2. The average Bonchev–Trinajstić information content (AvgIpc) is 2.90. The summed E-state index contributed by atoms with van der Waals surface area (Å²) in [6.07, 6.45) is 0. The van der Waals surface area contributed by atoms with Gasteiger partial charge in [0.1, 0.15) is 11.4 Å². The minimum absolute atomic E-state index is 0.145. The van der Waals surface area contributed by atoms with Gasteiger partial charge in [0, 0.05) is 11.3 Å². The number of carbonyl (C=O) groups is 4. The van der Waals surface area contributed by atoms with Gasteiger partial charge in [0.15, 0.2) is 10.5 Å². The third-order valence-corrected chi connectivity index (χ3v) is 6.08. The number of thioether (sulfide) groups is 1. The molecule has 28 heavy (non-hydrogen) atoms. The Labute approximate surface area is 163 Å². The second-order valence-corrected chi connectivity index (χ2v) is 7.79. The van der Waals surface area contributed by atoms with Crippen LogP contribution in [-0.2, 0) is 14.4 Å². The third-order valence-electron chi connectivity index (χ3n) is 4.48. The Kier molecular flexibility index (Phi) is 4.86. The summed E-state index contributed by atoms with van der Waals surface area (Å²) in [6.45, 7) is 5.17. The van der Waals surface area contributed by atoms with Crippen LogP contribution in [0.3, 0.4) is 0 Å². The number of fused-ring (bicyclic) bond motifs is 1. The van der Waals surface area contributed by atoms with Crippen LogP contribution in [0.4, 0.5) is 4.79 Å². The molecule has 0 radical (unpaired) electrons. The van der Waals surface area contributed by atoms with Crippen molar-refractivity contribution >= 4 is 41.3 Å². The largest absolute Gasteiger partial charge is 0.480 e. The number of carboxylic acid groups (broad SMARTS) is 1. The number of rotatable bonds is 5. The van der Waals surface area contributed by atoms with E-state index in [0.717, 1.165) is 11.8 Å². The van der Waals surface area contributed by atoms with Gasteiger partial charge in [-0.25, -0.2) is 10.2 Å². The lowest BCUT2D eigenvalue weighted by molar-refractivity contribution is -0.145. The fourth-order valence-corrected chi connectivity index (χ4v) is 4.36. The number of carbonyl (C=O) groups excluding carboxylic acids is 3. The predicted octanol–water partition coefficient (Wildman–Crippen LogP) is -0.184. The molecule has 2 unspecified atom stereocenters. The smallest absolute Gasteiger partial charge is 0.332 e. The van der Waals surface area contributed by atoms with Crippen LogP contribution in [0.5, 0.6) is 0 Å². The lowest BCUT2D eigenvalue weighted by Gasteiger charge is -2.41. The molecule has 2 aliphatic rings. The maximum atomic E-state index is 12.7. The molecule has 1 aromatic rings. The van der Waals surface area contributed by atoms with Gasteiger partial charge in [0.2, 0.25) is 0 Å². The van der Waals surface area contributed by atoms with Crippen molar-refractivity contribution in [2.45, 2.75) is 23.1 Å². The minimum Gasteiger partial charge on any atom is -0.480 e. The zero-order chi connectivity index (χ0) is 20.6. The molecule has 2 aliphatic heterocycles. The number of hydrogen-bond acceptors (Lipinski definition) is 6. The van der Waals surface area contributed by atoms with Crippen LogP contribution in [0.25, 0.3) is 0 Å². The van der Waals surface area contributed by atoms with Gasteiger partial charge in [0.05, 0.1) is 0 Å². The second-order valence-electron chi connectivity index (χ2n) is 6.26. The van der Waals surface area contributed by atoms with Crippen LogP contribution >= 0.6 is 11.8 Å². The summed E-state index contributed by atoms with van der Waals surface area (Å²) in [4.78, 5) is 48.9. The molecular weight excluding hydrogens is 386 g/mol. The van der Waals surface area contributed by atoms with E-state index in [1.165, 1.54) is 11.8 Å². The molecule has 3 atom stereocenters. The molecule has 0 aliphatic carbocycles. The number of hydrogen-bond donors (Lipinski definition) is 4. The SMILES string of the molecule is C=C1N2C(=O)C(NC(=O)C(=NNC(N)=O)c3ccccc3)[C@H]2SC1(C)C(=O)O. The molecule has 0 bridgehead atoms. The van der Waals surface area contributed by atoms with Gasteiger partial charge in [-0.15, -0.1) is 11.8 Å². The normalized spacial score (nSPS) is 26.3. The first-order valence-electron chi connectivity index (χ1n) is 8.10. The van der Waals surface area contributed by atoms with E-state index in [9.17, 15) is 24.3 Å². The number of benzene rings is 1. The molecular formula is C17H17N5O5S. The first-order chi connectivity index (χ1) is 13.2. The molecule has 0 saturated carbocycles. The Morgan fingerprint density at radius 2 is 1.96 bits per heavy atom. The standard InChI is InChI=1S/C17H17N5O5S/c1-8-17(2,15(25)26)28-14-11(13(24)22(8)14)19-12(23)10(20-21-16(18)27)9-6-4-3-5-7-9/h3-7,11,14H,1H2,2H3,(H,19,23)(H,25,26)(H3,18,21,27)/t11?,14-,17?/m1/s1. The quantitative estimate of drug-likeness (QED) is 0.304. The summed E-state index contributed by atoms with van der Waals surface area (Å²) < 4.78 is -1.36. The van der Waals surface area contributed by atoms with E-state index in [0.29, 0.717) is 5.56 Å². The summed E-state index contributed by atoms with van der Waals surface area (Å²) in [5, 5.41) is 15.1. The lowest BCUT2D eigenvalue weighted by Crippen LogP contribution is -2.67. The summed E-state index contributed by atoms with van der Waals surface area (Å²) in [5.74, 6) is -2.30. The van der Waals surface area contributed by atoms with Crippen molar-refractivity contribution in [3.8, 4) is 0 Å². The molecule has 0 spiro atoms. The van der Waals surface area contributed by atoms with Crippen molar-refractivity contribution in [3.05, 3.63) is 48.2 Å². The Bertz CT molecular complexity index is 918. The average molecular weight is 403 g/mol. The van der Waals surface area contributed by atoms with Crippen molar-refractivity contribution in [2.75, 3.05) is 0 Å². The number of β-lactam (4-membered cyclic amide) rings is 1. The van der Waals surface area contributed by atoms with Crippen molar-refractivity contribution in [1.82, 2.24) is 15.6 Å². The van der Waals surface area contributed by atoms with Crippen LogP contribution < -0.4 is 16.5 Å². The van der Waals surface area contributed by atoms with E-state index in [2.05, 4.69) is 17.0 Å². The summed E-state index contributed by atoms with van der Waals surface area (Å²) in [5.41, 5.74) is 7.42. The number of carboxylic acids is 1. The number of hydrazone groups is 1. The van der Waals surface area contributed by atoms with E-state index >= 15 is 0 Å². The first-order valence-corrected chi connectivity index (χ1v) is 8.98. The van der Waals surface area contributed by atoms with E-state index in [-0.39, 0.29) is 11.4 Å². The number of aliphatic carboxylic acids is 1. The Balaban J connectivity index is 1.81. The number of nitrogens with two attached hydrogens (primary N) is 1. The van der Waals surface area contributed by atoms with Crippen molar-refractivity contribution in [1.29, 1.82) is 0 Å². The van der Waals surface area contributed by atoms with Crippen LogP contribution in [0.1, 0.15) is 12.5 Å². The molecule has 2 saturated heterocycles. The number of amides is 4. The van der Waals surface area contributed by atoms with Gasteiger partial charge in [-0.05, 0) is 6.92 Å². The fourth-order valence-electron chi connectivity index (χ4n) is 2.88. The highest BCUT2D eigenvalue weighted by atomic mass is 32.2. The van der Waals surface area contributed by atoms with Crippen molar-refractivity contribution < 1.29 is 24.3 Å². The van der Waals surface area contributed by atoms with Crippen LogP contribution in [0, 0.1) is 0 Å². The fraction of sp³-hybridized carbons (Fsp3) is 0.235. The highest BCUT2D eigenvalue weighted by molar-refractivity contribution is 8.02. The van der Waals surface area contributed by atoms with Crippen molar-refractivity contribution in [3.63, 3.8) is 0 Å². The molecule has 2 fully saturated rings. The third kappa shape index (κ3) is 3.09. The van der Waals surface area contributed by atoms with Crippen LogP contribution in [-0.4, -0.2) is 55.7 Å². The van der Waals surface area contributed by atoms with Gasteiger partial charge >= 0.3 is 12.0 Å². The van der Waals surface area contributed by atoms with Gasteiger partial charge in [0.25, 0.3) is 11.8 Å². The molecule has 5 N–H and O–H groups in total. The maximum absolute atomic E-state index is 12.7. The van der Waals surface area contributed by atoms with E-state index in [4.69, 9.17) is 5.73 Å². The Morgan fingerprint density at radius 3 is 2.54 bits per heavy atom. The topological polar surface area (TPSA) is 154 Å². The van der Waals surface area contributed by atoms with E-state index in [1.54, 1.807) is 30.3 Å². The highest BCUT2D eigenvalue weighted by Gasteiger charge is 2.63.